The minimum Gasteiger partial charge on any atom is -0.451 e. The van der Waals surface area contributed by atoms with Crippen LogP contribution in [0.4, 0.5) is 5.69 Å². The van der Waals surface area contributed by atoms with Gasteiger partial charge in [0.25, 0.3) is 5.91 Å². The molecular weight excluding hydrogens is 338 g/mol. The second kappa shape index (κ2) is 6.94. The monoisotopic (exact) mass is 349 g/mol. The first kappa shape index (κ1) is 15.1. The van der Waals surface area contributed by atoms with E-state index in [0.717, 1.165) is 4.47 Å². The zero-order valence-electron chi connectivity index (χ0n) is 11.2. The van der Waals surface area contributed by atoms with E-state index in [0.29, 0.717) is 11.4 Å². The van der Waals surface area contributed by atoms with E-state index < -0.39 is 18.5 Å². The second-order valence-corrected chi connectivity index (χ2v) is 5.00. The summed E-state index contributed by atoms with van der Waals surface area (Å²) in [5, 5.41) is 2.63. The number of carbonyl (C=O) groups excluding carboxylic acids is 2. The third-order valence-corrected chi connectivity index (χ3v) is 3.16. The van der Waals surface area contributed by atoms with Crippen molar-refractivity contribution in [3.05, 3.63) is 52.5 Å². The maximum atomic E-state index is 11.7. The third kappa shape index (κ3) is 4.35. The van der Waals surface area contributed by atoms with Crippen molar-refractivity contribution in [2.75, 3.05) is 11.9 Å². The third-order valence-electron chi connectivity index (χ3n) is 2.47. The van der Waals surface area contributed by atoms with Crippen molar-refractivity contribution in [1.82, 2.24) is 9.97 Å². The number of benzene rings is 1. The molecule has 0 spiro atoms. The van der Waals surface area contributed by atoms with Crippen molar-refractivity contribution in [2.45, 2.75) is 6.92 Å². The molecule has 0 radical (unpaired) electrons. The average Bonchev–Trinajstić information content (AvgIpc) is 2.48. The minimum absolute atomic E-state index is 0.0642. The van der Waals surface area contributed by atoms with E-state index in [1.165, 1.54) is 12.4 Å². The summed E-state index contributed by atoms with van der Waals surface area (Å²) in [7, 11) is 0. The number of ether oxygens (including phenoxy) is 1. The van der Waals surface area contributed by atoms with Gasteiger partial charge in [-0.1, -0.05) is 12.1 Å². The quantitative estimate of drug-likeness (QED) is 0.856. The molecule has 0 aliphatic heterocycles. The Hall–Kier alpha value is -2.28. The Labute approximate surface area is 129 Å². The fourth-order valence-corrected chi connectivity index (χ4v) is 1.84. The zero-order valence-corrected chi connectivity index (χ0v) is 12.8. The number of aryl methyl sites for hydroxylation is 1. The Morgan fingerprint density at radius 3 is 2.67 bits per heavy atom. The van der Waals surface area contributed by atoms with Gasteiger partial charge in [-0.2, -0.15) is 0 Å². The molecule has 1 amide bonds. The highest BCUT2D eigenvalue weighted by Gasteiger charge is 2.12. The number of aromatic nitrogens is 2. The van der Waals surface area contributed by atoms with Crippen LogP contribution in [0.2, 0.25) is 0 Å². The van der Waals surface area contributed by atoms with E-state index in [1.54, 1.807) is 25.1 Å². The van der Waals surface area contributed by atoms with Gasteiger partial charge in [0.2, 0.25) is 0 Å². The molecule has 0 aliphatic rings. The van der Waals surface area contributed by atoms with Gasteiger partial charge in [0.15, 0.2) is 12.3 Å². The van der Waals surface area contributed by atoms with Gasteiger partial charge in [-0.3, -0.25) is 9.78 Å². The van der Waals surface area contributed by atoms with Crippen molar-refractivity contribution < 1.29 is 14.3 Å². The number of rotatable bonds is 4. The molecule has 2 aromatic rings. The van der Waals surface area contributed by atoms with E-state index in [9.17, 15) is 9.59 Å². The maximum absolute atomic E-state index is 11.7. The van der Waals surface area contributed by atoms with Crippen LogP contribution in [0.3, 0.4) is 0 Å². The first-order valence-electron chi connectivity index (χ1n) is 6.06. The van der Waals surface area contributed by atoms with Crippen LogP contribution in [0.15, 0.2) is 41.1 Å². The molecule has 21 heavy (non-hydrogen) atoms. The predicted octanol–water partition coefficient (Wildman–Crippen LogP) is 2.34. The van der Waals surface area contributed by atoms with Crippen LogP contribution in [-0.2, 0) is 9.53 Å². The summed E-state index contributed by atoms with van der Waals surface area (Å²) in [5.74, 6) is -1.12. The van der Waals surface area contributed by atoms with Gasteiger partial charge in [0, 0.05) is 10.7 Å². The minimum atomic E-state index is -0.690. The Bertz CT molecular complexity index is 659. The van der Waals surface area contributed by atoms with Crippen LogP contribution in [-0.4, -0.2) is 28.5 Å². The lowest BCUT2D eigenvalue weighted by Crippen LogP contribution is -2.21. The lowest BCUT2D eigenvalue weighted by atomic mass is 10.3. The number of para-hydroxylation sites is 1. The number of carbonyl (C=O) groups is 2. The largest absolute Gasteiger partial charge is 0.451 e. The number of anilines is 1. The molecule has 1 aromatic carbocycles. The van der Waals surface area contributed by atoms with Crippen LogP contribution in [0.25, 0.3) is 0 Å². The summed E-state index contributed by atoms with van der Waals surface area (Å²) in [6.07, 6.45) is 2.76. The predicted molar refractivity (Wildman–Crippen MR) is 79.8 cm³/mol. The molecule has 0 fully saturated rings. The standard InChI is InChI=1S/C14H12BrN3O3/c1-9-6-17-12(7-16-9)14(20)21-8-13(19)18-11-5-3-2-4-10(11)15/h2-7H,8H2,1H3,(H,18,19). The average molecular weight is 350 g/mol. The fraction of sp³-hybridized carbons (Fsp3) is 0.143. The smallest absolute Gasteiger partial charge is 0.359 e. The van der Waals surface area contributed by atoms with Crippen LogP contribution in [0.1, 0.15) is 16.2 Å². The van der Waals surface area contributed by atoms with Crippen molar-refractivity contribution in [2.24, 2.45) is 0 Å². The molecule has 1 aromatic heterocycles. The molecule has 7 heteroatoms. The molecule has 0 bridgehead atoms. The zero-order chi connectivity index (χ0) is 15.2. The highest BCUT2D eigenvalue weighted by atomic mass is 79.9. The van der Waals surface area contributed by atoms with Crippen molar-refractivity contribution in [3.8, 4) is 0 Å². The SMILES string of the molecule is Cc1cnc(C(=O)OCC(=O)Nc2ccccc2Br)cn1. The van der Waals surface area contributed by atoms with E-state index in [4.69, 9.17) is 4.74 Å². The van der Waals surface area contributed by atoms with Crippen LogP contribution >= 0.6 is 15.9 Å². The molecular formula is C14H12BrN3O3. The lowest BCUT2D eigenvalue weighted by molar-refractivity contribution is -0.119. The number of amides is 1. The number of halogens is 1. The summed E-state index contributed by atoms with van der Waals surface area (Å²) < 4.78 is 5.62. The van der Waals surface area contributed by atoms with Crippen molar-refractivity contribution in [1.29, 1.82) is 0 Å². The van der Waals surface area contributed by atoms with Crippen molar-refractivity contribution >= 4 is 33.5 Å². The maximum Gasteiger partial charge on any atom is 0.359 e. The molecule has 0 atom stereocenters. The Balaban J connectivity index is 1.88. The molecule has 0 saturated carbocycles. The molecule has 0 unspecified atom stereocenters. The van der Waals surface area contributed by atoms with Gasteiger partial charge in [0.1, 0.15) is 0 Å². The molecule has 1 heterocycles. The van der Waals surface area contributed by atoms with Gasteiger partial charge in [-0.15, -0.1) is 0 Å². The molecule has 6 nitrogen and oxygen atoms in total. The summed E-state index contributed by atoms with van der Waals surface area (Å²) >= 11 is 3.31. The molecule has 0 aliphatic carbocycles. The number of nitrogens with zero attached hydrogens (tertiary/aromatic N) is 2. The number of hydrogen-bond acceptors (Lipinski definition) is 5. The molecule has 108 valence electrons. The normalized spacial score (nSPS) is 10.0. The lowest BCUT2D eigenvalue weighted by Gasteiger charge is -2.07. The Morgan fingerprint density at radius 1 is 1.24 bits per heavy atom. The van der Waals surface area contributed by atoms with Crippen LogP contribution in [0, 0.1) is 6.92 Å². The van der Waals surface area contributed by atoms with Gasteiger partial charge in [-0.25, -0.2) is 9.78 Å². The topological polar surface area (TPSA) is 81.2 Å². The van der Waals surface area contributed by atoms with Gasteiger partial charge < -0.3 is 10.1 Å². The van der Waals surface area contributed by atoms with Crippen LogP contribution in [0.5, 0.6) is 0 Å². The van der Waals surface area contributed by atoms with E-state index >= 15 is 0 Å². The van der Waals surface area contributed by atoms with Gasteiger partial charge in [-0.05, 0) is 35.0 Å². The summed E-state index contributed by atoms with van der Waals surface area (Å²) in [5.41, 5.74) is 1.36. The number of nitrogens with one attached hydrogen (secondary N) is 1. The van der Waals surface area contributed by atoms with E-state index in [2.05, 4.69) is 31.2 Å². The summed E-state index contributed by atoms with van der Waals surface area (Å²) in [6.45, 7) is 1.36. The Kier molecular flexibility index (Phi) is 4.99. The number of hydrogen-bond donors (Lipinski definition) is 1. The molecule has 1 N–H and O–H groups in total. The number of esters is 1. The highest BCUT2D eigenvalue weighted by molar-refractivity contribution is 9.10. The first-order chi connectivity index (χ1) is 10.1. The van der Waals surface area contributed by atoms with E-state index in [-0.39, 0.29) is 5.69 Å². The van der Waals surface area contributed by atoms with E-state index in [1.807, 2.05) is 6.07 Å². The summed E-state index contributed by atoms with van der Waals surface area (Å²) in [4.78, 5) is 31.2. The fourth-order valence-electron chi connectivity index (χ4n) is 1.45. The van der Waals surface area contributed by atoms with Crippen molar-refractivity contribution in [3.63, 3.8) is 0 Å². The second-order valence-electron chi connectivity index (χ2n) is 4.15. The molecule has 0 saturated heterocycles. The van der Waals surface area contributed by atoms with Gasteiger partial charge in [0.05, 0.1) is 17.6 Å². The van der Waals surface area contributed by atoms with Crippen LogP contribution < -0.4 is 5.32 Å². The molecule has 2 rings (SSSR count). The first-order valence-corrected chi connectivity index (χ1v) is 6.85. The highest BCUT2D eigenvalue weighted by Crippen LogP contribution is 2.20. The van der Waals surface area contributed by atoms with Gasteiger partial charge >= 0.3 is 5.97 Å². The summed E-state index contributed by atoms with van der Waals surface area (Å²) in [6, 6.07) is 7.14. The Morgan fingerprint density at radius 2 is 2.00 bits per heavy atom.